The van der Waals surface area contributed by atoms with Gasteiger partial charge in [0.2, 0.25) is 0 Å². The Morgan fingerprint density at radius 3 is 2.64 bits per heavy atom. The van der Waals surface area contributed by atoms with Crippen LogP contribution in [0.5, 0.6) is 0 Å². The monoisotopic (exact) mass is 326 g/mol. The van der Waals surface area contributed by atoms with Crippen LogP contribution in [0.2, 0.25) is 5.02 Å². The van der Waals surface area contributed by atoms with Crippen molar-refractivity contribution in [2.75, 3.05) is 19.6 Å². The van der Waals surface area contributed by atoms with Gasteiger partial charge in [0.1, 0.15) is 5.82 Å². The first-order chi connectivity index (χ1) is 10.3. The number of likely N-dealkylation sites (tertiary alicyclic amines) is 1. The molecule has 1 N–H and O–H groups in total. The summed E-state index contributed by atoms with van der Waals surface area (Å²) >= 11 is 5.71. The lowest BCUT2D eigenvalue weighted by Gasteiger charge is -2.36. The fourth-order valence-corrected chi connectivity index (χ4v) is 3.51. The number of piperidine rings is 1. The van der Waals surface area contributed by atoms with E-state index in [1.165, 1.54) is 18.6 Å². The van der Waals surface area contributed by atoms with E-state index in [-0.39, 0.29) is 17.5 Å². The van der Waals surface area contributed by atoms with Crippen molar-refractivity contribution in [1.29, 1.82) is 0 Å². The van der Waals surface area contributed by atoms with Crippen molar-refractivity contribution >= 4 is 17.5 Å². The van der Waals surface area contributed by atoms with Gasteiger partial charge in [-0.1, -0.05) is 25.4 Å². The number of rotatable bonds is 4. The van der Waals surface area contributed by atoms with E-state index >= 15 is 0 Å². The largest absolute Gasteiger partial charge is 0.348 e. The lowest BCUT2D eigenvalue weighted by molar-refractivity contribution is 0.0901. The van der Waals surface area contributed by atoms with Crippen LogP contribution in [0.4, 0.5) is 4.39 Å². The first-order valence-electron chi connectivity index (χ1n) is 7.83. The average Bonchev–Trinajstić information content (AvgIpc) is 2.36. The molecule has 122 valence electrons. The van der Waals surface area contributed by atoms with Gasteiger partial charge in [0.05, 0.1) is 5.56 Å². The molecular weight excluding hydrogens is 303 g/mol. The molecule has 1 fully saturated rings. The number of nitrogens with zero attached hydrogens (tertiary/aromatic N) is 1. The minimum absolute atomic E-state index is 0.0277. The van der Waals surface area contributed by atoms with Crippen LogP contribution in [0.3, 0.4) is 0 Å². The maximum atomic E-state index is 13.8. The van der Waals surface area contributed by atoms with Crippen molar-refractivity contribution in [1.82, 2.24) is 10.2 Å². The van der Waals surface area contributed by atoms with Gasteiger partial charge in [-0.2, -0.15) is 0 Å². The maximum Gasteiger partial charge on any atom is 0.254 e. The Morgan fingerprint density at radius 1 is 1.41 bits per heavy atom. The second-order valence-corrected chi connectivity index (χ2v) is 7.10. The molecule has 3 nitrogen and oxygen atoms in total. The number of carbonyl (C=O) groups is 1. The zero-order chi connectivity index (χ0) is 16.3. The van der Waals surface area contributed by atoms with Crippen molar-refractivity contribution in [2.24, 2.45) is 11.8 Å². The highest BCUT2D eigenvalue weighted by Gasteiger charge is 2.23. The van der Waals surface area contributed by atoms with Crippen LogP contribution in [-0.2, 0) is 0 Å². The number of carbonyl (C=O) groups excluding carboxylic acids is 1. The van der Waals surface area contributed by atoms with Gasteiger partial charge in [0, 0.05) is 30.7 Å². The number of benzene rings is 1. The zero-order valence-corrected chi connectivity index (χ0v) is 14.2. The summed E-state index contributed by atoms with van der Waals surface area (Å²) in [6, 6.07) is 4.08. The van der Waals surface area contributed by atoms with E-state index in [0.717, 1.165) is 25.7 Å². The van der Waals surface area contributed by atoms with Gasteiger partial charge in [0.15, 0.2) is 0 Å². The molecule has 22 heavy (non-hydrogen) atoms. The normalized spacial score (nSPS) is 24.0. The van der Waals surface area contributed by atoms with Crippen LogP contribution >= 0.6 is 11.6 Å². The molecule has 0 radical (unpaired) electrons. The molecule has 0 unspecified atom stereocenters. The zero-order valence-electron chi connectivity index (χ0n) is 13.4. The molecule has 1 aliphatic rings. The fraction of sp³-hybridized carbons (Fsp3) is 0.588. The van der Waals surface area contributed by atoms with E-state index in [4.69, 9.17) is 11.6 Å². The first-order valence-corrected chi connectivity index (χ1v) is 8.21. The molecule has 0 spiro atoms. The molecule has 0 aliphatic carbocycles. The van der Waals surface area contributed by atoms with E-state index in [1.54, 1.807) is 0 Å². The SMILES string of the molecule is C[C@@H]1C[C@@H](C)CN(C[C@@H](C)NC(=O)c2ccc(Cl)cc2F)C1. The Morgan fingerprint density at radius 2 is 2.05 bits per heavy atom. The molecule has 3 atom stereocenters. The van der Waals surface area contributed by atoms with Gasteiger partial charge in [-0.3, -0.25) is 4.79 Å². The van der Waals surface area contributed by atoms with Crippen molar-refractivity contribution in [2.45, 2.75) is 33.2 Å². The van der Waals surface area contributed by atoms with Crippen molar-refractivity contribution in [3.63, 3.8) is 0 Å². The molecule has 5 heteroatoms. The van der Waals surface area contributed by atoms with Crippen molar-refractivity contribution in [3.8, 4) is 0 Å². The summed E-state index contributed by atoms with van der Waals surface area (Å²) in [5.74, 6) is 0.387. The fourth-order valence-electron chi connectivity index (χ4n) is 3.35. The topological polar surface area (TPSA) is 32.3 Å². The van der Waals surface area contributed by atoms with Crippen LogP contribution < -0.4 is 5.32 Å². The number of amides is 1. The number of hydrogen-bond donors (Lipinski definition) is 1. The summed E-state index contributed by atoms with van der Waals surface area (Å²) in [7, 11) is 0. The maximum absolute atomic E-state index is 13.8. The highest BCUT2D eigenvalue weighted by Crippen LogP contribution is 2.21. The van der Waals surface area contributed by atoms with Crippen LogP contribution in [0.1, 0.15) is 37.6 Å². The molecule has 0 saturated carbocycles. The van der Waals surface area contributed by atoms with Crippen LogP contribution in [-0.4, -0.2) is 36.5 Å². The van der Waals surface area contributed by atoms with E-state index < -0.39 is 5.82 Å². The van der Waals surface area contributed by atoms with Crippen LogP contribution in [0, 0.1) is 17.7 Å². The van der Waals surface area contributed by atoms with Crippen molar-refractivity contribution < 1.29 is 9.18 Å². The van der Waals surface area contributed by atoms with Gasteiger partial charge < -0.3 is 10.2 Å². The lowest BCUT2D eigenvalue weighted by atomic mass is 9.92. The molecule has 1 heterocycles. The molecule has 1 aromatic rings. The Hall–Kier alpha value is -1.13. The minimum Gasteiger partial charge on any atom is -0.348 e. The molecule has 2 rings (SSSR count). The second kappa shape index (κ2) is 7.42. The third-order valence-corrected chi connectivity index (χ3v) is 4.26. The lowest BCUT2D eigenvalue weighted by Crippen LogP contribution is -2.47. The Labute approximate surface area is 136 Å². The Balaban J connectivity index is 1.91. The van der Waals surface area contributed by atoms with Gasteiger partial charge in [-0.05, 0) is 43.4 Å². The van der Waals surface area contributed by atoms with Gasteiger partial charge in [0.25, 0.3) is 5.91 Å². The summed E-state index contributed by atoms with van der Waals surface area (Å²) < 4.78 is 13.8. The van der Waals surface area contributed by atoms with E-state index in [2.05, 4.69) is 24.1 Å². The summed E-state index contributed by atoms with van der Waals surface area (Å²) in [6.07, 6.45) is 1.26. The Bertz CT molecular complexity index is 527. The molecule has 1 aliphatic heterocycles. The third-order valence-electron chi connectivity index (χ3n) is 4.03. The third kappa shape index (κ3) is 4.68. The quantitative estimate of drug-likeness (QED) is 0.917. The van der Waals surface area contributed by atoms with Gasteiger partial charge >= 0.3 is 0 Å². The number of hydrogen-bond acceptors (Lipinski definition) is 2. The van der Waals surface area contributed by atoms with E-state index in [9.17, 15) is 9.18 Å². The highest BCUT2D eigenvalue weighted by molar-refractivity contribution is 6.30. The van der Waals surface area contributed by atoms with Crippen LogP contribution in [0.25, 0.3) is 0 Å². The summed E-state index contributed by atoms with van der Waals surface area (Å²) in [5.41, 5.74) is 0.0385. The summed E-state index contributed by atoms with van der Waals surface area (Å²) in [5, 5.41) is 3.16. The van der Waals surface area contributed by atoms with Gasteiger partial charge in [-0.25, -0.2) is 4.39 Å². The Kier molecular flexibility index (Phi) is 5.81. The molecule has 1 aromatic carbocycles. The first kappa shape index (κ1) is 17.2. The van der Waals surface area contributed by atoms with E-state index in [0.29, 0.717) is 16.9 Å². The molecule has 0 aromatic heterocycles. The summed E-state index contributed by atoms with van der Waals surface area (Å²) in [4.78, 5) is 14.5. The van der Waals surface area contributed by atoms with Crippen LogP contribution in [0.15, 0.2) is 18.2 Å². The second-order valence-electron chi connectivity index (χ2n) is 6.66. The smallest absolute Gasteiger partial charge is 0.254 e. The van der Waals surface area contributed by atoms with Crippen molar-refractivity contribution in [3.05, 3.63) is 34.6 Å². The summed E-state index contributed by atoms with van der Waals surface area (Å²) in [6.45, 7) is 9.37. The predicted molar refractivity (Wildman–Crippen MR) is 87.7 cm³/mol. The number of halogens is 2. The number of nitrogens with one attached hydrogen (secondary N) is 1. The highest BCUT2D eigenvalue weighted by atomic mass is 35.5. The van der Waals surface area contributed by atoms with E-state index in [1.807, 2.05) is 6.92 Å². The average molecular weight is 327 g/mol. The molecule has 1 saturated heterocycles. The van der Waals surface area contributed by atoms with Gasteiger partial charge in [-0.15, -0.1) is 0 Å². The molecule has 1 amide bonds. The molecule has 0 bridgehead atoms. The molecular formula is C17H24ClFN2O. The standard InChI is InChI=1S/C17H24ClFN2O/c1-11-6-12(2)9-21(8-11)10-13(3)20-17(22)15-5-4-14(18)7-16(15)19/h4-5,7,11-13H,6,8-10H2,1-3H3,(H,20,22)/t11-,12-,13-/m1/s1. The minimum atomic E-state index is -0.586. The predicted octanol–water partition coefficient (Wildman–Crippen LogP) is 3.58.